The number of halogens is 1. The van der Waals surface area contributed by atoms with Crippen LogP contribution in [0.5, 0.6) is 5.75 Å². The van der Waals surface area contributed by atoms with Gasteiger partial charge in [-0.2, -0.15) is 0 Å². The molecule has 0 atom stereocenters. The van der Waals surface area contributed by atoms with E-state index in [9.17, 15) is 4.79 Å². The largest absolute Gasteiger partial charge is 0.497 e. The summed E-state index contributed by atoms with van der Waals surface area (Å²) in [4.78, 5) is 11.8. The SMILES string of the molecule is COc1ccc(NC(=O)Nc2ccc(N)c(Cl)c2)cc1. The smallest absolute Gasteiger partial charge is 0.323 e. The molecule has 0 fully saturated rings. The van der Waals surface area contributed by atoms with Crippen molar-refractivity contribution in [3.63, 3.8) is 0 Å². The zero-order chi connectivity index (χ0) is 14.5. The molecule has 0 saturated heterocycles. The fraction of sp³-hybridized carbons (Fsp3) is 0.0714. The van der Waals surface area contributed by atoms with Gasteiger partial charge in [-0.05, 0) is 42.5 Å². The average Bonchev–Trinajstić information content (AvgIpc) is 2.44. The quantitative estimate of drug-likeness (QED) is 0.757. The molecule has 0 heterocycles. The molecule has 0 spiro atoms. The number of amides is 2. The van der Waals surface area contributed by atoms with Gasteiger partial charge in [-0.15, -0.1) is 0 Å². The lowest BCUT2D eigenvalue weighted by Crippen LogP contribution is -2.19. The molecule has 4 N–H and O–H groups in total. The Morgan fingerprint density at radius 3 is 2.30 bits per heavy atom. The van der Waals surface area contributed by atoms with Crippen molar-refractivity contribution in [3.05, 3.63) is 47.5 Å². The fourth-order valence-corrected chi connectivity index (χ4v) is 1.75. The fourth-order valence-electron chi connectivity index (χ4n) is 1.57. The Bertz CT molecular complexity index is 614. The van der Waals surface area contributed by atoms with Crippen LogP contribution >= 0.6 is 11.6 Å². The summed E-state index contributed by atoms with van der Waals surface area (Å²) in [5.74, 6) is 0.723. The van der Waals surface area contributed by atoms with E-state index in [4.69, 9.17) is 22.1 Å². The number of nitrogen functional groups attached to an aromatic ring is 1. The molecule has 0 unspecified atom stereocenters. The maximum Gasteiger partial charge on any atom is 0.323 e. The second-order valence-corrected chi connectivity index (χ2v) is 4.45. The molecular formula is C14H14ClN3O2. The molecule has 0 aromatic heterocycles. The molecule has 104 valence electrons. The molecule has 2 amide bonds. The van der Waals surface area contributed by atoms with E-state index in [-0.39, 0.29) is 6.03 Å². The van der Waals surface area contributed by atoms with Crippen molar-refractivity contribution in [2.75, 3.05) is 23.5 Å². The second kappa shape index (κ2) is 6.16. The number of urea groups is 1. The van der Waals surface area contributed by atoms with Crippen LogP contribution in [0.4, 0.5) is 21.9 Å². The summed E-state index contributed by atoms with van der Waals surface area (Å²) >= 11 is 5.88. The molecule has 6 heteroatoms. The molecule has 20 heavy (non-hydrogen) atoms. The van der Waals surface area contributed by atoms with Gasteiger partial charge in [0.25, 0.3) is 0 Å². The minimum Gasteiger partial charge on any atom is -0.497 e. The molecule has 2 aromatic rings. The summed E-state index contributed by atoms with van der Waals surface area (Å²) in [6, 6.07) is 11.5. The van der Waals surface area contributed by atoms with Crippen LogP contribution in [0.2, 0.25) is 5.02 Å². The van der Waals surface area contributed by atoms with Crippen LogP contribution in [0.3, 0.4) is 0 Å². The Labute approximate surface area is 121 Å². The first-order chi connectivity index (χ1) is 9.58. The molecule has 0 bridgehead atoms. The van der Waals surface area contributed by atoms with Gasteiger partial charge in [0.15, 0.2) is 0 Å². The van der Waals surface area contributed by atoms with E-state index in [0.29, 0.717) is 22.1 Å². The van der Waals surface area contributed by atoms with Gasteiger partial charge in [-0.3, -0.25) is 0 Å². The van der Waals surface area contributed by atoms with Crippen LogP contribution in [-0.4, -0.2) is 13.1 Å². The lowest BCUT2D eigenvalue weighted by molar-refractivity contribution is 0.262. The molecule has 0 saturated carbocycles. The van der Waals surface area contributed by atoms with Gasteiger partial charge in [0.05, 0.1) is 17.8 Å². The lowest BCUT2D eigenvalue weighted by atomic mass is 10.3. The predicted octanol–water partition coefficient (Wildman–Crippen LogP) is 3.57. The number of carbonyl (C=O) groups excluding carboxylic acids is 1. The minimum absolute atomic E-state index is 0.365. The van der Waals surface area contributed by atoms with E-state index >= 15 is 0 Å². The van der Waals surface area contributed by atoms with E-state index in [2.05, 4.69) is 10.6 Å². The van der Waals surface area contributed by atoms with E-state index in [1.807, 2.05) is 0 Å². The van der Waals surface area contributed by atoms with Gasteiger partial charge < -0.3 is 21.1 Å². The molecule has 0 aliphatic rings. The van der Waals surface area contributed by atoms with Gasteiger partial charge in [0, 0.05) is 11.4 Å². The maximum atomic E-state index is 11.8. The van der Waals surface area contributed by atoms with Crippen LogP contribution in [0.25, 0.3) is 0 Å². The number of hydrogen-bond acceptors (Lipinski definition) is 3. The van der Waals surface area contributed by atoms with E-state index in [0.717, 1.165) is 5.75 Å². The van der Waals surface area contributed by atoms with Crippen molar-refractivity contribution in [2.24, 2.45) is 0 Å². The summed E-state index contributed by atoms with van der Waals surface area (Å²) < 4.78 is 5.04. The topological polar surface area (TPSA) is 76.4 Å². The van der Waals surface area contributed by atoms with Crippen LogP contribution < -0.4 is 21.1 Å². The van der Waals surface area contributed by atoms with Crippen LogP contribution in [0.15, 0.2) is 42.5 Å². The molecule has 2 rings (SSSR count). The Morgan fingerprint density at radius 1 is 1.10 bits per heavy atom. The summed E-state index contributed by atoms with van der Waals surface area (Å²) in [7, 11) is 1.58. The zero-order valence-corrected chi connectivity index (χ0v) is 11.6. The van der Waals surface area contributed by atoms with Crippen molar-refractivity contribution in [2.45, 2.75) is 0 Å². The summed E-state index contributed by atoms with van der Waals surface area (Å²) in [5, 5.41) is 5.76. The van der Waals surface area contributed by atoms with Crippen LogP contribution in [-0.2, 0) is 0 Å². The van der Waals surface area contributed by atoms with Gasteiger partial charge in [-0.25, -0.2) is 4.79 Å². The number of benzene rings is 2. The normalized spacial score (nSPS) is 9.90. The highest BCUT2D eigenvalue weighted by Gasteiger charge is 2.04. The first-order valence-corrected chi connectivity index (χ1v) is 6.23. The van der Waals surface area contributed by atoms with Crippen LogP contribution in [0.1, 0.15) is 0 Å². The zero-order valence-electron chi connectivity index (χ0n) is 10.8. The number of nitrogens with two attached hydrogens (primary N) is 1. The third-order valence-electron chi connectivity index (χ3n) is 2.61. The average molecular weight is 292 g/mol. The van der Waals surface area contributed by atoms with Crippen molar-refractivity contribution >= 4 is 34.7 Å². The third kappa shape index (κ3) is 3.55. The van der Waals surface area contributed by atoms with Crippen molar-refractivity contribution < 1.29 is 9.53 Å². The number of carbonyl (C=O) groups is 1. The predicted molar refractivity (Wildman–Crippen MR) is 81.5 cm³/mol. The highest BCUT2D eigenvalue weighted by Crippen LogP contribution is 2.22. The van der Waals surface area contributed by atoms with Gasteiger partial charge in [-0.1, -0.05) is 11.6 Å². The van der Waals surface area contributed by atoms with E-state index in [1.165, 1.54) is 0 Å². The Kier molecular flexibility index (Phi) is 4.32. The van der Waals surface area contributed by atoms with E-state index in [1.54, 1.807) is 49.6 Å². The van der Waals surface area contributed by atoms with Gasteiger partial charge >= 0.3 is 6.03 Å². The molecule has 0 radical (unpaired) electrons. The number of anilines is 3. The Hall–Kier alpha value is -2.40. The maximum absolute atomic E-state index is 11.8. The monoisotopic (exact) mass is 291 g/mol. The number of nitrogens with one attached hydrogen (secondary N) is 2. The first-order valence-electron chi connectivity index (χ1n) is 5.85. The minimum atomic E-state index is -0.365. The molecular weight excluding hydrogens is 278 g/mol. The Balaban J connectivity index is 1.99. The lowest BCUT2D eigenvalue weighted by Gasteiger charge is -2.09. The van der Waals surface area contributed by atoms with Crippen molar-refractivity contribution in [1.29, 1.82) is 0 Å². The number of ether oxygens (including phenoxy) is 1. The summed E-state index contributed by atoms with van der Waals surface area (Å²) in [6.07, 6.45) is 0. The second-order valence-electron chi connectivity index (χ2n) is 4.04. The number of rotatable bonds is 3. The van der Waals surface area contributed by atoms with Gasteiger partial charge in [0.2, 0.25) is 0 Å². The Morgan fingerprint density at radius 2 is 1.70 bits per heavy atom. The highest BCUT2D eigenvalue weighted by molar-refractivity contribution is 6.33. The summed E-state index contributed by atoms with van der Waals surface area (Å²) in [5.41, 5.74) is 7.29. The van der Waals surface area contributed by atoms with Gasteiger partial charge in [0.1, 0.15) is 5.75 Å². The third-order valence-corrected chi connectivity index (χ3v) is 2.93. The number of methoxy groups -OCH3 is 1. The van der Waals surface area contributed by atoms with Crippen molar-refractivity contribution in [3.8, 4) is 5.75 Å². The molecule has 0 aliphatic carbocycles. The number of hydrogen-bond donors (Lipinski definition) is 3. The summed E-state index contributed by atoms with van der Waals surface area (Å²) in [6.45, 7) is 0. The standard InChI is InChI=1S/C14H14ClN3O2/c1-20-11-5-2-9(3-6-11)17-14(19)18-10-4-7-13(16)12(15)8-10/h2-8H,16H2,1H3,(H2,17,18,19). The van der Waals surface area contributed by atoms with Crippen molar-refractivity contribution in [1.82, 2.24) is 0 Å². The first kappa shape index (κ1) is 14.0. The molecule has 5 nitrogen and oxygen atoms in total. The molecule has 2 aromatic carbocycles. The molecule has 0 aliphatic heterocycles. The van der Waals surface area contributed by atoms with E-state index < -0.39 is 0 Å². The highest BCUT2D eigenvalue weighted by atomic mass is 35.5. The van der Waals surface area contributed by atoms with Crippen LogP contribution in [0, 0.1) is 0 Å².